The summed E-state index contributed by atoms with van der Waals surface area (Å²) in [6.07, 6.45) is 1.82. The smallest absolute Gasteiger partial charge is 0.336 e. The summed E-state index contributed by atoms with van der Waals surface area (Å²) in [5.74, 6) is 0.631. The van der Waals surface area contributed by atoms with E-state index in [2.05, 4.69) is 6.92 Å². The molecule has 2 aromatic rings. The lowest BCUT2D eigenvalue weighted by atomic mass is 10.1. The summed E-state index contributed by atoms with van der Waals surface area (Å²) in [5, 5.41) is 9.53. The maximum absolute atomic E-state index is 11.6. The zero-order valence-corrected chi connectivity index (χ0v) is 12.1. The van der Waals surface area contributed by atoms with Crippen LogP contribution in [0.25, 0.3) is 11.0 Å². The fourth-order valence-electron chi connectivity index (χ4n) is 2.16. The van der Waals surface area contributed by atoms with Crippen LogP contribution in [-0.4, -0.2) is 31.5 Å². The van der Waals surface area contributed by atoms with Gasteiger partial charge < -0.3 is 19.0 Å². The van der Waals surface area contributed by atoms with Gasteiger partial charge in [-0.1, -0.05) is 13.3 Å². The van der Waals surface area contributed by atoms with Gasteiger partial charge in [0.05, 0.1) is 19.8 Å². The number of aliphatic hydroxyl groups is 1. The average molecular weight is 292 g/mol. The molecule has 5 heteroatoms. The fourth-order valence-corrected chi connectivity index (χ4v) is 2.16. The summed E-state index contributed by atoms with van der Waals surface area (Å²) in [4.78, 5) is 11.6. The van der Waals surface area contributed by atoms with Gasteiger partial charge in [-0.05, 0) is 24.1 Å². The Morgan fingerprint density at radius 3 is 2.81 bits per heavy atom. The highest BCUT2D eigenvalue weighted by Crippen LogP contribution is 2.23. The molecule has 0 saturated carbocycles. The van der Waals surface area contributed by atoms with E-state index in [4.69, 9.17) is 19.0 Å². The van der Waals surface area contributed by atoms with Crippen molar-refractivity contribution in [2.75, 3.05) is 26.4 Å². The summed E-state index contributed by atoms with van der Waals surface area (Å²) < 4.78 is 15.9. The number of fused-ring (bicyclic) bond motifs is 1. The van der Waals surface area contributed by atoms with Crippen LogP contribution in [0.5, 0.6) is 5.75 Å². The minimum atomic E-state index is -0.339. The van der Waals surface area contributed by atoms with Gasteiger partial charge in [0.2, 0.25) is 0 Å². The van der Waals surface area contributed by atoms with Crippen molar-refractivity contribution in [3.8, 4) is 5.75 Å². The Balaban J connectivity index is 2.12. The van der Waals surface area contributed by atoms with Crippen LogP contribution in [0.15, 0.2) is 33.5 Å². The third kappa shape index (κ3) is 4.31. The minimum absolute atomic E-state index is 0.00133. The van der Waals surface area contributed by atoms with E-state index >= 15 is 0 Å². The molecule has 0 spiro atoms. The molecule has 0 unspecified atom stereocenters. The van der Waals surface area contributed by atoms with Gasteiger partial charge >= 0.3 is 5.63 Å². The number of benzene rings is 1. The average Bonchev–Trinajstić information content (AvgIpc) is 2.47. The first-order valence-electron chi connectivity index (χ1n) is 7.12. The Labute approximate surface area is 123 Å². The molecule has 1 heterocycles. The van der Waals surface area contributed by atoms with Gasteiger partial charge in [-0.25, -0.2) is 4.79 Å². The van der Waals surface area contributed by atoms with Crippen LogP contribution in [0.2, 0.25) is 0 Å². The van der Waals surface area contributed by atoms with Crippen molar-refractivity contribution in [3.63, 3.8) is 0 Å². The molecule has 1 aromatic carbocycles. The van der Waals surface area contributed by atoms with Crippen LogP contribution in [0.1, 0.15) is 18.9 Å². The lowest BCUT2D eigenvalue weighted by Gasteiger charge is -2.08. The van der Waals surface area contributed by atoms with Gasteiger partial charge in [-0.2, -0.15) is 0 Å². The molecule has 0 fully saturated rings. The Morgan fingerprint density at radius 2 is 2.05 bits per heavy atom. The maximum atomic E-state index is 11.6. The molecule has 0 aliphatic carbocycles. The van der Waals surface area contributed by atoms with Gasteiger partial charge in [0.1, 0.15) is 17.9 Å². The topological polar surface area (TPSA) is 68.9 Å². The van der Waals surface area contributed by atoms with Crippen LogP contribution in [-0.2, 0) is 11.2 Å². The number of hydrogen-bond acceptors (Lipinski definition) is 5. The predicted molar refractivity (Wildman–Crippen MR) is 79.9 cm³/mol. The maximum Gasteiger partial charge on any atom is 0.336 e. The number of hydrogen-bond donors (Lipinski definition) is 1. The molecule has 1 N–H and O–H groups in total. The van der Waals surface area contributed by atoms with E-state index < -0.39 is 0 Å². The molecule has 0 atom stereocenters. The SMILES string of the molecule is CCCc1cc(=O)oc2cc(OCCOCCO)ccc12. The third-order valence-corrected chi connectivity index (χ3v) is 3.05. The van der Waals surface area contributed by atoms with Crippen LogP contribution in [0.4, 0.5) is 0 Å². The fraction of sp³-hybridized carbons (Fsp3) is 0.438. The van der Waals surface area contributed by atoms with Crippen LogP contribution in [0.3, 0.4) is 0 Å². The Kier molecular flexibility index (Phi) is 5.78. The molecule has 0 amide bonds. The Hall–Kier alpha value is -1.85. The molecule has 0 bridgehead atoms. The second-order valence-electron chi connectivity index (χ2n) is 4.68. The Bertz CT molecular complexity index is 632. The normalized spacial score (nSPS) is 11.0. The number of aryl methyl sites for hydroxylation is 1. The molecule has 0 saturated heterocycles. The third-order valence-electron chi connectivity index (χ3n) is 3.05. The van der Waals surface area contributed by atoms with E-state index in [1.165, 1.54) is 0 Å². The van der Waals surface area contributed by atoms with E-state index in [0.717, 1.165) is 23.8 Å². The number of ether oxygens (including phenoxy) is 2. The highest BCUT2D eigenvalue weighted by molar-refractivity contribution is 5.81. The van der Waals surface area contributed by atoms with Crippen LogP contribution < -0.4 is 10.4 Å². The second kappa shape index (κ2) is 7.81. The first-order chi connectivity index (χ1) is 10.2. The molecular formula is C16H20O5. The minimum Gasteiger partial charge on any atom is -0.491 e. The largest absolute Gasteiger partial charge is 0.491 e. The van der Waals surface area contributed by atoms with Gasteiger partial charge in [0, 0.05) is 17.5 Å². The van der Waals surface area contributed by atoms with Gasteiger partial charge in [-0.15, -0.1) is 0 Å². The molecule has 114 valence electrons. The lowest BCUT2D eigenvalue weighted by Crippen LogP contribution is -2.09. The number of aliphatic hydroxyl groups excluding tert-OH is 1. The van der Waals surface area contributed by atoms with Crippen molar-refractivity contribution in [1.29, 1.82) is 0 Å². The highest BCUT2D eigenvalue weighted by atomic mass is 16.5. The van der Waals surface area contributed by atoms with E-state index in [-0.39, 0.29) is 12.2 Å². The van der Waals surface area contributed by atoms with Crippen molar-refractivity contribution < 1.29 is 19.0 Å². The standard InChI is InChI=1S/C16H20O5/c1-2-3-12-10-16(18)21-15-11-13(4-5-14(12)15)20-9-8-19-7-6-17/h4-5,10-11,17H,2-3,6-9H2,1H3. The lowest BCUT2D eigenvalue weighted by molar-refractivity contribution is 0.0705. The van der Waals surface area contributed by atoms with E-state index in [0.29, 0.717) is 31.2 Å². The first kappa shape index (κ1) is 15.5. The van der Waals surface area contributed by atoms with Gasteiger partial charge in [0.25, 0.3) is 0 Å². The molecule has 1 aromatic heterocycles. The molecule has 0 radical (unpaired) electrons. The van der Waals surface area contributed by atoms with Crippen LogP contribution >= 0.6 is 0 Å². The van der Waals surface area contributed by atoms with Crippen molar-refractivity contribution in [3.05, 3.63) is 40.2 Å². The van der Waals surface area contributed by atoms with Crippen molar-refractivity contribution in [1.82, 2.24) is 0 Å². The zero-order valence-electron chi connectivity index (χ0n) is 12.1. The van der Waals surface area contributed by atoms with Crippen molar-refractivity contribution >= 4 is 11.0 Å². The zero-order chi connectivity index (χ0) is 15.1. The molecule has 0 aliphatic rings. The van der Waals surface area contributed by atoms with Gasteiger partial charge in [0.15, 0.2) is 0 Å². The molecule has 0 aliphatic heterocycles. The van der Waals surface area contributed by atoms with Crippen LogP contribution in [0, 0.1) is 0 Å². The predicted octanol–water partition coefficient (Wildman–Crippen LogP) is 2.13. The Morgan fingerprint density at radius 1 is 1.19 bits per heavy atom. The number of rotatable bonds is 8. The highest BCUT2D eigenvalue weighted by Gasteiger charge is 2.06. The second-order valence-corrected chi connectivity index (χ2v) is 4.68. The summed E-state index contributed by atoms with van der Waals surface area (Å²) in [6, 6.07) is 7.04. The van der Waals surface area contributed by atoms with E-state index in [1.807, 2.05) is 12.1 Å². The molecule has 2 rings (SSSR count). The van der Waals surface area contributed by atoms with Crippen molar-refractivity contribution in [2.45, 2.75) is 19.8 Å². The summed E-state index contributed by atoms with van der Waals surface area (Å²) >= 11 is 0. The molecular weight excluding hydrogens is 272 g/mol. The van der Waals surface area contributed by atoms with E-state index in [1.54, 1.807) is 12.1 Å². The summed E-state index contributed by atoms with van der Waals surface area (Å²) in [5.41, 5.74) is 1.20. The van der Waals surface area contributed by atoms with Gasteiger partial charge in [-0.3, -0.25) is 0 Å². The van der Waals surface area contributed by atoms with E-state index in [9.17, 15) is 4.79 Å². The molecule has 5 nitrogen and oxygen atoms in total. The summed E-state index contributed by atoms with van der Waals surface area (Å²) in [7, 11) is 0. The van der Waals surface area contributed by atoms with Crippen molar-refractivity contribution in [2.24, 2.45) is 0 Å². The monoisotopic (exact) mass is 292 g/mol. The summed E-state index contributed by atoms with van der Waals surface area (Å²) in [6.45, 7) is 3.16. The quantitative estimate of drug-likeness (QED) is 0.596. The first-order valence-corrected chi connectivity index (χ1v) is 7.12. The molecule has 21 heavy (non-hydrogen) atoms.